The fraction of sp³-hybridized carbons (Fsp3) is 0.750. The number of carbonyl (C=O) groups is 1. The van der Waals surface area contributed by atoms with Gasteiger partial charge >= 0.3 is 0 Å². The van der Waals surface area contributed by atoms with Crippen LogP contribution in [0, 0.1) is 23.3 Å². The van der Waals surface area contributed by atoms with E-state index in [0.717, 1.165) is 19.3 Å². The summed E-state index contributed by atoms with van der Waals surface area (Å²) in [4.78, 5) is 15.9. The van der Waals surface area contributed by atoms with Crippen LogP contribution >= 0.6 is 0 Å². The normalized spacial score (nSPS) is 36.0. The van der Waals surface area contributed by atoms with E-state index in [1.54, 1.807) is 7.11 Å². The molecule has 2 rings (SSSR count). The van der Waals surface area contributed by atoms with Crippen LogP contribution in [-0.2, 0) is 14.3 Å². The van der Waals surface area contributed by atoms with Gasteiger partial charge in [0.15, 0.2) is 5.78 Å². The molecule has 4 heteroatoms. The number of rotatable bonds is 3. The molecule has 3 atom stereocenters. The van der Waals surface area contributed by atoms with E-state index in [9.17, 15) is 4.79 Å². The second-order valence-electron chi connectivity index (χ2n) is 6.60. The van der Waals surface area contributed by atoms with E-state index in [2.05, 4.69) is 11.8 Å². The number of hydrogen-bond acceptors (Lipinski definition) is 3. The van der Waals surface area contributed by atoms with E-state index >= 15 is 0 Å². The van der Waals surface area contributed by atoms with Gasteiger partial charge in [-0.3, -0.25) is 0 Å². The molecule has 0 spiro atoms. The van der Waals surface area contributed by atoms with Gasteiger partial charge in [0.2, 0.25) is 5.70 Å². The molecular weight excluding hydrogens is 254 g/mol. The van der Waals surface area contributed by atoms with Crippen LogP contribution in [0.25, 0.3) is 4.85 Å². The van der Waals surface area contributed by atoms with Crippen LogP contribution in [0.2, 0.25) is 0 Å². The summed E-state index contributed by atoms with van der Waals surface area (Å²) in [6.07, 6.45) is 4.86. The minimum absolute atomic E-state index is 0.00493. The van der Waals surface area contributed by atoms with Crippen LogP contribution in [0.5, 0.6) is 0 Å². The molecule has 0 aliphatic heterocycles. The molecule has 0 saturated heterocycles. The first-order valence-corrected chi connectivity index (χ1v) is 7.13. The van der Waals surface area contributed by atoms with Crippen LogP contribution in [0.4, 0.5) is 0 Å². The SMILES string of the molecule is [C-]#[N+]C1=C[C@]2(C)[C@@H](OCOC)CCC[C@H]2C(C)(C)C1=O. The first-order chi connectivity index (χ1) is 9.37. The Labute approximate surface area is 121 Å². The number of carbonyl (C=O) groups excluding carboxylic acids is 1. The number of fused-ring (bicyclic) bond motifs is 1. The van der Waals surface area contributed by atoms with Gasteiger partial charge in [0.05, 0.1) is 12.7 Å². The molecule has 1 saturated carbocycles. The van der Waals surface area contributed by atoms with E-state index in [4.69, 9.17) is 16.0 Å². The Hall–Kier alpha value is -1.18. The summed E-state index contributed by atoms with van der Waals surface area (Å²) in [5, 5.41) is 0. The summed E-state index contributed by atoms with van der Waals surface area (Å²) in [6.45, 7) is 13.6. The Morgan fingerprint density at radius 2 is 2.10 bits per heavy atom. The van der Waals surface area contributed by atoms with E-state index in [-0.39, 0.29) is 35.7 Å². The third kappa shape index (κ3) is 2.19. The molecule has 0 N–H and O–H groups in total. The largest absolute Gasteiger partial charge is 0.359 e. The fourth-order valence-corrected chi connectivity index (χ4v) is 4.03. The number of hydrogen-bond donors (Lipinski definition) is 0. The van der Waals surface area contributed by atoms with Gasteiger partial charge in [0.1, 0.15) is 6.79 Å². The van der Waals surface area contributed by atoms with Crippen molar-refractivity contribution in [1.82, 2.24) is 0 Å². The lowest BCUT2D eigenvalue weighted by atomic mass is 9.52. The standard InChI is InChI=1S/C16H23NO3/c1-15(2)12-7-6-8-13(20-10-19-5)16(12,3)9-11(17-4)14(15)18/h9,12-13H,6-8,10H2,1-3,5H3/t12-,13-,16-/m0/s1. The van der Waals surface area contributed by atoms with Gasteiger partial charge in [-0.1, -0.05) is 33.3 Å². The van der Waals surface area contributed by atoms with Crippen molar-refractivity contribution in [2.24, 2.45) is 16.7 Å². The highest BCUT2D eigenvalue weighted by molar-refractivity contribution is 6.02. The summed E-state index contributed by atoms with van der Waals surface area (Å²) in [7, 11) is 1.61. The highest BCUT2D eigenvalue weighted by Gasteiger charge is 2.55. The summed E-state index contributed by atoms with van der Waals surface area (Å²) in [6, 6.07) is 0. The Kier molecular flexibility index (Phi) is 4.04. The predicted molar refractivity (Wildman–Crippen MR) is 75.7 cm³/mol. The van der Waals surface area contributed by atoms with Crippen molar-refractivity contribution in [2.75, 3.05) is 13.9 Å². The zero-order valence-electron chi connectivity index (χ0n) is 12.7. The molecule has 0 bridgehead atoms. The topological polar surface area (TPSA) is 39.9 Å². The second kappa shape index (κ2) is 5.31. The zero-order valence-corrected chi connectivity index (χ0v) is 12.7. The summed E-state index contributed by atoms with van der Waals surface area (Å²) < 4.78 is 10.9. The summed E-state index contributed by atoms with van der Waals surface area (Å²) in [5.74, 6) is 0.186. The van der Waals surface area contributed by atoms with Gasteiger partial charge in [0, 0.05) is 17.9 Å². The molecule has 2 aliphatic rings. The average Bonchev–Trinajstić information content (AvgIpc) is 2.41. The number of allylic oxidation sites excluding steroid dienone is 1. The van der Waals surface area contributed by atoms with Crippen LogP contribution < -0.4 is 0 Å². The van der Waals surface area contributed by atoms with Crippen molar-refractivity contribution in [1.29, 1.82) is 0 Å². The molecule has 0 amide bonds. The van der Waals surface area contributed by atoms with Crippen LogP contribution in [-0.4, -0.2) is 25.8 Å². The molecule has 0 radical (unpaired) electrons. The molecule has 0 aromatic rings. The molecule has 1 fully saturated rings. The molecule has 4 nitrogen and oxygen atoms in total. The minimum atomic E-state index is -0.502. The number of methoxy groups -OCH3 is 1. The van der Waals surface area contributed by atoms with Gasteiger partial charge < -0.3 is 14.3 Å². The Balaban J connectivity index is 2.44. The molecular formula is C16H23NO3. The van der Waals surface area contributed by atoms with Crippen molar-refractivity contribution in [3.63, 3.8) is 0 Å². The van der Waals surface area contributed by atoms with Crippen molar-refractivity contribution in [2.45, 2.75) is 46.1 Å². The predicted octanol–water partition coefficient (Wildman–Crippen LogP) is 3.19. The lowest BCUT2D eigenvalue weighted by Gasteiger charge is -2.53. The maximum Gasteiger partial charge on any atom is 0.226 e. The highest BCUT2D eigenvalue weighted by Crippen LogP contribution is 2.56. The molecule has 2 aliphatic carbocycles. The smallest absolute Gasteiger partial charge is 0.226 e. The minimum Gasteiger partial charge on any atom is -0.359 e. The van der Waals surface area contributed by atoms with Gasteiger partial charge in [-0.15, -0.1) is 0 Å². The van der Waals surface area contributed by atoms with Gasteiger partial charge in [-0.2, -0.15) is 0 Å². The fourth-order valence-electron chi connectivity index (χ4n) is 4.03. The Bertz CT molecular complexity index is 475. The summed E-state index contributed by atoms with van der Waals surface area (Å²) in [5.41, 5.74) is -0.506. The molecule has 0 aromatic carbocycles. The van der Waals surface area contributed by atoms with Gasteiger partial charge in [0.25, 0.3) is 0 Å². The van der Waals surface area contributed by atoms with Gasteiger partial charge in [-0.25, -0.2) is 4.85 Å². The third-order valence-electron chi connectivity index (χ3n) is 5.05. The second-order valence-corrected chi connectivity index (χ2v) is 6.60. The lowest BCUT2D eigenvalue weighted by Crippen LogP contribution is -2.54. The van der Waals surface area contributed by atoms with Crippen molar-refractivity contribution in [3.8, 4) is 0 Å². The molecule has 110 valence electrons. The van der Waals surface area contributed by atoms with Crippen LogP contribution in [0.3, 0.4) is 0 Å². The van der Waals surface area contributed by atoms with E-state index in [0.29, 0.717) is 0 Å². The van der Waals surface area contributed by atoms with Crippen LogP contribution in [0.1, 0.15) is 40.0 Å². The molecule has 20 heavy (non-hydrogen) atoms. The van der Waals surface area contributed by atoms with Crippen molar-refractivity contribution < 1.29 is 14.3 Å². The number of ether oxygens (including phenoxy) is 2. The van der Waals surface area contributed by atoms with Crippen molar-refractivity contribution >= 4 is 5.78 Å². The first-order valence-electron chi connectivity index (χ1n) is 7.13. The van der Waals surface area contributed by atoms with Crippen LogP contribution in [0.15, 0.2) is 11.8 Å². The quantitative estimate of drug-likeness (QED) is 0.587. The molecule has 0 heterocycles. The number of Topliss-reactive ketones (excluding diaryl/α,β-unsaturated/α-hetero) is 1. The molecule has 0 aromatic heterocycles. The average molecular weight is 277 g/mol. The van der Waals surface area contributed by atoms with E-state index in [1.807, 2.05) is 19.9 Å². The monoisotopic (exact) mass is 277 g/mol. The Morgan fingerprint density at radius 1 is 1.40 bits per heavy atom. The number of ketones is 1. The molecule has 0 unspecified atom stereocenters. The summed E-state index contributed by atoms with van der Waals surface area (Å²) >= 11 is 0. The first kappa shape index (κ1) is 15.2. The zero-order chi connectivity index (χ0) is 15.0. The third-order valence-corrected chi connectivity index (χ3v) is 5.05. The lowest BCUT2D eigenvalue weighted by molar-refractivity contribution is -0.157. The maximum absolute atomic E-state index is 12.4. The van der Waals surface area contributed by atoms with Crippen molar-refractivity contribution in [3.05, 3.63) is 23.2 Å². The highest BCUT2D eigenvalue weighted by atomic mass is 16.7. The van der Waals surface area contributed by atoms with E-state index in [1.165, 1.54) is 0 Å². The van der Waals surface area contributed by atoms with Gasteiger partial charge in [-0.05, 0) is 18.8 Å². The Morgan fingerprint density at radius 3 is 2.70 bits per heavy atom. The maximum atomic E-state index is 12.4. The number of nitrogens with zero attached hydrogens (tertiary/aromatic N) is 1. The van der Waals surface area contributed by atoms with E-state index < -0.39 is 5.41 Å².